The van der Waals surface area contributed by atoms with E-state index in [9.17, 15) is 14.0 Å². The van der Waals surface area contributed by atoms with Gasteiger partial charge in [-0.25, -0.2) is 4.39 Å². The van der Waals surface area contributed by atoms with E-state index in [0.717, 1.165) is 0 Å². The second kappa shape index (κ2) is 17.8. The number of carbonyl (C=O) groups is 3. The van der Waals surface area contributed by atoms with Crippen molar-refractivity contribution in [1.82, 2.24) is 10.6 Å². The molecule has 9 heteroatoms. The summed E-state index contributed by atoms with van der Waals surface area (Å²) in [4.78, 5) is 32.8. The molecule has 0 radical (unpaired) electrons. The zero-order valence-electron chi connectivity index (χ0n) is 23.2. The Balaban J connectivity index is 0. The standard InChI is InChI=1S/C26H45FN2O4.CH2O2/c1-11-13-20(19(3)27)16-22(25(4,5)6)29-24(31)18(2)23(32-10)21(28-17-30)14-12-15-33-26(7,8)9;2-1-3/h11,13,17-18,21-23H,1,3,12,14-16H2,2,4-10H3,(H,28,30)(H,29,31);1H,(H,2,3)/b20-13-;. The van der Waals surface area contributed by atoms with Crippen LogP contribution in [0.2, 0.25) is 0 Å². The van der Waals surface area contributed by atoms with E-state index in [1.54, 1.807) is 13.0 Å². The zero-order chi connectivity index (χ0) is 28.5. The highest BCUT2D eigenvalue weighted by atomic mass is 19.1. The van der Waals surface area contributed by atoms with Gasteiger partial charge in [-0.1, -0.05) is 53.0 Å². The summed E-state index contributed by atoms with van der Waals surface area (Å²) in [6.07, 6.45) is 4.74. The van der Waals surface area contributed by atoms with Gasteiger partial charge in [0.25, 0.3) is 6.47 Å². The van der Waals surface area contributed by atoms with Gasteiger partial charge in [0.2, 0.25) is 12.3 Å². The summed E-state index contributed by atoms with van der Waals surface area (Å²) in [6.45, 7) is 21.0. The minimum absolute atomic E-state index is 0.229. The van der Waals surface area contributed by atoms with Crippen molar-refractivity contribution in [3.63, 3.8) is 0 Å². The van der Waals surface area contributed by atoms with Crippen molar-refractivity contribution < 1.29 is 33.4 Å². The largest absolute Gasteiger partial charge is 0.483 e. The Morgan fingerprint density at radius 1 is 1.17 bits per heavy atom. The number of halogens is 1. The van der Waals surface area contributed by atoms with E-state index in [2.05, 4.69) is 23.8 Å². The molecule has 0 fully saturated rings. The van der Waals surface area contributed by atoms with Crippen LogP contribution in [-0.2, 0) is 23.9 Å². The Bertz CT molecular complexity index is 725. The predicted molar refractivity (Wildman–Crippen MR) is 141 cm³/mol. The monoisotopic (exact) mass is 514 g/mol. The number of carboxylic acid groups (broad SMARTS) is 1. The molecule has 0 saturated carbocycles. The van der Waals surface area contributed by atoms with Crippen LogP contribution in [0, 0.1) is 11.3 Å². The number of rotatable bonds is 15. The Morgan fingerprint density at radius 3 is 2.11 bits per heavy atom. The van der Waals surface area contributed by atoms with Crippen molar-refractivity contribution in [1.29, 1.82) is 0 Å². The van der Waals surface area contributed by atoms with E-state index in [-0.39, 0.29) is 41.9 Å². The average Bonchev–Trinajstić information content (AvgIpc) is 2.74. The molecule has 0 spiro atoms. The first-order valence-corrected chi connectivity index (χ1v) is 12.0. The van der Waals surface area contributed by atoms with Crippen LogP contribution in [0.1, 0.15) is 67.7 Å². The van der Waals surface area contributed by atoms with Crippen molar-refractivity contribution in [2.45, 2.75) is 91.5 Å². The lowest BCUT2D eigenvalue weighted by atomic mass is 9.82. The molecule has 208 valence electrons. The van der Waals surface area contributed by atoms with E-state index in [0.29, 0.717) is 31.4 Å². The van der Waals surface area contributed by atoms with Crippen LogP contribution < -0.4 is 10.6 Å². The Labute approximate surface area is 216 Å². The quantitative estimate of drug-likeness (QED) is 0.168. The van der Waals surface area contributed by atoms with Gasteiger partial charge in [0.1, 0.15) is 5.83 Å². The molecule has 0 aliphatic carbocycles. The Kier molecular flexibility index (Phi) is 17.7. The van der Waals surface area contributed by atoms with Crippen LogP contribution in [0.4, 0.5) is 4.39 Å². The fraction of sp³-hybridized carbons (Fsp3) is 0.667. The summed E-state index contributed by atoms with van der Waals surface area (Å²) >= 11 is 0. The maximum absolute atomic E-state index is 13.9. The third kappa shape index (κ3) is 15.5. The highest BCUT2D eigenvalue weighted by Crippen LogP contribution is 2.28. The summed E-state index contributed by atoms with van der Waals surface area (Å²) in [6, 6.07) is -0.701. The SMILES string of the molecule is C=C/C=C(/CC(NC(=O)C(C)C(OC)C(CCCOC(C)(C)C)NC=O)C(C)(C)C)C(=C)F.O=CO. The van der Waals surface area contributed by atoms with Gasteiger partial charge in [-0.2, -0.15) is 0 Å². The highest BCUT2D eigenvalue weighted by molar-refractivity contribution is 5.79. The average molecular weight is 515 g/mol. The lowest BCUT2D eigenvalue weighted by Gasteiger charge is -2.35. The minimum atomic E-state index is -0.554. The topological polar surface area (TPSA) is 114 Å². The molecule has 8 nitrogen and oxygen atoms in total. The van der Waals surface area contributed by atoms with E-state index in [1.807, 2.05) is 41.5 Å². The number of hydrogen-bond donors (Lipinski definition) is 3. The Morgan fingerprint density at radius 2 is 1.72 bits per heavy atom. The van der Waals surface area contributed by atoms with E-state index >= 15 is 0 Å². The normalized spacial score (nSPS) is 15.3. The number of ether oxygens (including phenoxy) is 2. The van der Waals surface area contributed by atoms with Crippen molar-refractivity contribution >= 4 is 18.8 Å². The van der Waals surface area contributed by atoms with Gasteiger partial charge in [-0.15, -0.1) is 0 Å². The van der Waals surface area contributed by atoms with Gasteiger partial charge in [-0.3, -0.25) is 14.4 Å². The van der Waals surface area contributed by atoms with Crippen LogP contribution in [0.25, 0.3) is 0 Å². The first kappa shape index (κ1) is 35.6. The molecule has 0 rings (SSSR count). The molecule has 2 amide bonds. The third-order valence-electron chi connectivity index (χ3n) is 5.51. The number of carbonyl (C=O) groups excluding carboxylic acids is 2. The van der Waals surface area contributed by atoms with Crippen LogP contribution >= 0.6 is 0 Å². The Hall–Kier alpha value is -2.52. The second-order valence-electron chi connectivity index (χ2n) is 10.6. The molecule has 0 aromatic heterocycles. The molecule has 0 bridgehead atoms. The number of nitrogens with one attached hydrogen (secondary N) is 2. The summed E-state index contributed by atoms with van der Waals surface area (Å²) in [5.74, 6) is -1.33. The fourth-order valence-electron chi connectivity index (χ4n) is 3.49. The smallest absolute Gasteiger partial charge is 0.290 e. The summed E-state index contributed by atoms with van der Waals surface area (Å²) in [5.41, 5.74) is -0.188. The lowest BCUT2D eigenvalue weighted by Crippen LogP contribution is -2.52. The molecule has 4 unspecified atom stereocenters. The first-order valence-electron chi connectivity index (χ1n) is 12.0. The maximum atomic E-state index is 13.9. The molecule has 36 heavy (non-hydrogen) atoms. The van der Waals surface area contributed by atoms with E-state index in [1.165, 1.54) is 13.2 Å². The molecule has 0 aliphatic rings. The van der Waals surface area contributed by atoms with Crippen molar-refractivity contribution in [3.05, 3.63) is 36.7 Å². The zero-order valence-corrected chi connectivity index (χ0v) is 23.2. The van der Waals surface area contributed by atoms with Gasteiger partial charge in [-0.05, 0) is 51.0 Å². The summed E-state index contributed by atoms with van der Waals surface area (Å²) in [5, 5.41) is 12.7. The third-order valence-corrected chi connectivity index (χ3v) is 5.51. The number of methoxy groups -OCH3 is 1. The van der Waals surface area contributed by atoms with Crippen LogP contribution in [0.15, 0.2) is 36.7 Å². The van der Waals surface area contributed by atoms with Crippen molar-refractivity contribution in [3.8, 4) is 0 Å². The number of allylic oxidation sites excluding steroid dienone is 3. The van der Waals surface area contributed by atoms with Gasteiger partial charge in [0.15, 0.2) is 0 Å². The van der Waals surface area contributed by atoms with Crippen LogP contribution in [0.5, 0.6) is 0 Å². The number of hydrogen-bond acceptors (Lipinski definition) is 5. The summed E-state index contributed by atoms with van der Waals surface area (Å²) in [7, 11) is 1.53. The molecular formula is C27H47FN2O6. The molecule has 0 aromatic carbocycles. The fourth-order valence-corrected chi connectivity index (χ4v) is 3.49. The molecule has 4 atom stereocenters. The molecule has 3 N–H and O–H groups in total. The molecule has 0 aliphatic heterocycles. The maximum Gasteiger partial charge on any atom is 0.290 e. The predicted octanol–water partition coefficient (Wildman–Crippen LogP) is 4.56. The van der Waals surface area contributed by atoms with Crippen molar-refractivity contribution in [2.75, 3.05) is 13.7 Å². The first-order chi connectivity index (χ1) is 16.6. The van der Waals surface area contributed by atoms with Gasteiger partial charge >= 0.3 is 0 Å². The van der Waals surface area contributed by atoms with Gasteiger partial charge in [0, 0.05) is 19.8 Å². The van der Waals surface area contributed by atoms with Crippen molar-refractivity contribution in [2.24, 2.45) is 11.3 Å². The van der Waals surface area contributed by atoms with Gasteiger partial charge < -0.3 is 25.2 Å². The number of amides is 2. The highest BCUT2D eigenvalue weighted by Gasteiger charge is 2.34. The second-order valence-corrected chi connectivity index (χ2v) is 10.6. The minimum Gasteiger partial charge on any atom is -0.483 e. The lowest BCUT2D eigenvalue weighted by molar-refractivity contribution is -0.132. The summed E-state index contributed by atoms with van der Waals surface area (Å²) < 4.78 is 25.3. The molecule has 0 saturated heterocycles. The van der Waals surface area contributed by atoms with E-state index in [4.69, 9.17) is 19.4 Å². The van der Waals surface area contributed by atoms with Crippen LogP contribution in [-0.4, -0.2) is 61.4 Å². The van der Waals surface area contributed by atoms with Crippen LogP contribution in [0.3, 0.4) is 0 Å². The molecule has 0 aromatic rings. The van der Waals surface area contributed by atoms with Gasteiger partial charge in [0.05, 0.1) is 23.7 Å². The molecular weight excluding hydrogens is 467 g/mol. The van der Waals surface area contributed by atoms with E-state index < -0.39 is 17.8 Å². The molecule has 0 heterocycles.